The number of ether oxygens (including phenoxy) is 1. The van der Waals surface area contributed by atoms with Crippen molar-refractivity contribution in [1.29, 1.82) is 0 Å². The van der Waals surface area contributed by atoms with Crippen LogP contribution in [0.4, 0.5) is 0 Å². The molecule has 3 aromatic rings. The van der Waals surface area contributed by atoms with E-state index < -0.39 is 0 Å². The number of fused-ring (bicyclic) bond motifs is 1. The molecule has 1 heterocycles. The number of benzene rings is 3. The second-order valence-corrected chi connectivity index (χ2v) is 8.10. The molecule has 0 saturated carbocycles. The smallest absolute Gasteiger partial charge is 0.224 e. The van der Waals surface area contributed by atoms with Gasteiger partial charge in [0, 0.05) is 19.6 Å². The van der Waals surface area contributed by atoms with Crippen LogP contribution in [0.1, 0.15) is 24.0 Å². The van der Waals surface area contributed by atoms with E-state index >= 15 is 0 Å². The van der Waals surface area contributed by atoms with Gasteiger partial charge in [0.15, 0.2) is 0 Å². The quantitative estimate of drug-likeness (QED) is 0.636. The fraction of sp³-hybridized carbons (Fsp3) is 0.346. The summed E-state index contributed by atoms with van der Waals surface area (Å²) < 4.78 is 5.19. The first kappa shape index (κ1) is 20.4. The number of amides is 1. The number of hydrogen-bond acceptors (Lipinski definition) is 3. The van der Waals surface area contributed by atoms with E-state index in [-0.39, 0.29) is 11.8 Å². The lowest BCUT2D eigenvalue weighted by atomic mass is 9.96. The summed E-state index contributed by atoms with van der Waals surface area (Å²) in [6.07, 6.45) is 2.88. The summed E-state index contributed by atoms with van der Waals surface area (Å²) in [5.41, 5.74) is 2.55. The van der Waals surface area contributed by atoms with E-state index in [1.165, 1.54) is 21.9 Å². The third kappa shape index (κ3) is 5.00. The molecule has 0 radical (unpaired) electrons. The number of piperidine rings is 1. The maximum absolute atomic E-state index is 12.7. The molecule has 0 aromatic heterocycles. The van der Waals surface area contributed by atoms with Gasteiger partial charge in [-0.15, -0.1) is 0 Å². The van der Waals surface area contributed by atoms with Gasteiger partial charge in [-0.3, -0.25) is 9.69 Å². The Balaban J connectivity index is 1.30. The van der Waals surface area contributed by atoms with Gasteiger partial charge in [-0.2, -0.15) is 0 Å². The van der Waals surface area contributed by atoms with E-state index in [1.807, 2.05) is 12.1 Å². The maximum atomic E-state index is 12.7. The predicted octanol–water partition coefficient (Wildman–Crippen LogP) is 4.42. The molecule has 156 valence electrons. The van der Waals surface area contributed by atoms with Gasteiger partial charge in [-0.1, -0.05) is 54.6 Å². The Kier molecular flexibility index (Phi) is 6.65. The second kappa shape index (κ2) is 9.77. The molecule has 1 amide bonds. The molecular weight excluding hydrogens is 372 g/mol. The fourth-order valence-electron chi connectivity index (χ4n) is 4.35. The van der Waals surface area contributed by atoms with Gasteiger partial charge in [-0.05, 0) is 59.8 Å². The Hall–Kier alpha value is -2.85. The Morgan fingerprint density at radius 3 is 2.70 bits per heavy atom. The zero-order valence-corrected chi connectivity index (χ0v) is 17.6. The summed E-state index contributed by atoms with van der Waals surface area (Å²) in [6.45, 7) is 3.46. The van der Waals surface area contributed by atoms with Crippen LogP contribution in [0.25, 0.3) is 10.8 Å². The van der Waals surface area contributed by atoms with Crippen molar-refractivity contribution >= 4 is 16.7 Å². The highest BCUT2D eigenvalue weighted by Gasteiger charge is 2.25. The third-order valence-corrected chi connectivity index (χ3v) is 6.02. The highest BCUT2D eigenvalue weighted by atomic mass is 16.5. The van der Waals surface area contributed by atoms with Crippen LogP contribution in [-0.4, -0.2) is 37.6 Å². The summed E-state index contributed by atoms with van der Waals surface area (Å²) in [6, 6.07) is 23.1. The molecule has 1 atom stereocenters. The molecule has 1 aliphatic heterocycles. The average molecular weight is 403 g/mol. The van der Waals surface area contributed by atoms with E-state index in [0.717, 1.165) is 44.6 Å². The van der Waals surface area contributed by atoms with E-state index in [9.17, 15) is 4.79 Å². The van der Waals surface area contributed by atoms with Gasteiger partial charge >= 0.3 is 0 Å². The Bertz CT molecular complexity index is 978. The molecule has 1 N–H and O–H groups in total. The molecule has 1 aliphatic rings. The molecule has 4 heteroatoms. The van der Waals surface area contributed by atoms with Gasteiger partial charge in [0.25, 0.3) is 0 Å². The van der Waals surface area contributed by atoms with Gasteiger partial charge in [0.1, 0.15) is 5.75 Å². The molecule has 1 unspecified atom stereocenters. The average Bonchev–Trinajstić information content (AvgIpc) is 2.80. The maximum Gasteiger partial charge on any atom is 0.224 e. The summed E-state index contributed by atoms with van der Waals surface area (Å²) in [5, 5.41) is 5.74. The first-order chi connectivity index (χ1) is 14.7. The van der Waals surface area contributed by atoms with Gasteiger partial charge < -0.3 is 10.1 Å². The SMILES string of the molecule is COc1ccc(CCNC(=O)C2CCCN(Cc3cccc4ccccc34)C2)cc1. The van der Waals surface area contributed by atoms with Crippen molar-refractivity contribution in [2.75, 3.05) is 26.7 Å². The molecule has 4 nitrogen and oxygen atoms in total. The van der Waals surface area contributed by atoms with Crippen LogP contribution in [-0.2, 0) is 17.8 Å². The first-order valence-corrected chi connectivity index (χ1v) is 10.8. The summed E-state index contributed by atoms with van der Waals surface area (Å²) in [4.78, 5) is 15.2. The lowest BCUT2D eigenvalue weighted by Crippen LogP contribution is -2.43. The van der Waals surface area contributed by atoms with Crippen LogP contribution in [0.15, 0.2) is 66.7 Å². The lowest BCUT2D eigenvalue weighted by molar-refractivity contribution is -0.126. The monoisotopic (exact) mass is 402 g/mol. The lowest BCUT2D eigenvalue weighted by Gasteiger charge is -2.32. The van der Waals surface area contributed by atoms with Crippen LogP contribution < -0.4 is 10.1 Å². The number of carbonyl (C=O) groups is 1. The second-order valence-electron chi connectivity index (χ2n) is 8.10. The molecule has 0 bridgehead atoms. The van der Waals surface area contributed by atoms with Crippen molar-refractivity contribution in [1.82, 2.24) is 10.2 Å². The number of carbonyl (C=O) groups excluding carboxylic acids is 1. The van der Waals surface area contributed by atoms with Gasteiger partial charge in [0.05, 0.1) is 13.0 Å². The minimum Gasteiger partial charge on any atom is -0.497 e. The Morgan fingerprint density at radius 2 is 1.87 bits per heavy atom. The van der Waals surface area contributed by atoms with Crippen molar-refractivity contribution < 1.29 is 9.53 Å². The van der Waals surface area contributed by atoms with Crippen molar-refractivity contribution in [3.63, 3.8) is 0 Å². The summed E-state index contributed by atoms with van der Waals surface area (Å²) in [7, 11) is 1.67. The van der Waals surface area contributed by atoms with Crippen LogP contribution in [0.3, 0.4) is 0 Å². The normalized spacial score (nSPS) is 17.0. The minimum atomic E-state index is 0.0737. The highest BCUT2D eigenvalue weighted by Crippen LogP contribution is 2.23. The van der Waals surface area contributed by atoms with E-state index in [2.05, 4.69) is 64.8 Å². The predicted molar refractivity (Wildman–Crippen MR) is 122 cm³/mol. The molecule has 30 heavy (non-hydrogen) atoms. The largest absolute Gasteiger partial charge is 0.497 e. The minimum absolute atomic E-state index is 0.0737. The zero-order valence-electron chi connectivity index (χ0n) is 17.6. The molecule has 0 spiro atoms. The molecule has 4 rings (SSSR count). The van der Waals surface area contributed by atoms with E-state index in [0.29, 0.717) is 6.54 Å². The topological polar surface area (TPSA) is 41.6 Å². The van der Waals surface area contributed by atoms with Crippen molar-refractivity contribution in [3.8, 4) is 5.75 Å². The third-order valence-electron chi connectivity index (χ3n) is 6.02. The number of nitrogens with one attached hydrogen (secondary N) is 1. The Labute approximate surface area is 178 Å². The molecule has 0 aliphatic carbocycles. The molecular formula is C26H30N2O2. The van der Waals surface area contributed by atoms with E-state index in [1.54, 1.807) is 7.11 Å². The molecule has 3 aromatic carbocycles. The van der Waals surface area contributed by atoms with Gasteiger partial charge in [-0.25, -0.2) is 0 Å². The van der Waals surface area contributed by atoms with Crippen molar-refractivity contribution in [2.24, 2.45) is 5.92 Å². The number of rotatable bonds is 7. The Morgan fingerprint density at radius 1 is 1.07 bits per heavy atom. The van der Waals surface area contributed by atoms with Gasteiger partial charge in [0.2, 0.25) is 5.91 Å². The van der Waals surface area contributed by atoms with E-state index in [4.69, 9.17) is 4.74 Å². The standard InChI is InChI=1S/C26H30N2O2/c1-30-24-13-11-20(12-14-24)15-16-27-26(29)23-9-5-17-28(19-23)18-22-8-4-7-21-6-2-3-10-25(21)22/h2-4,6-8,10-14,23H,5,9,15-19H2,1H3,(H,27,29). The summed E-state index contributed by atoms with van der Waals surface area (Å²) in [5.74, 6) is 1.12. The molecule has 1 saturated heterocycles. The zero-order chi connectivity index (χ0) is 20.8. The van der Waals surface area contributed by atoms with Crippen LogP contribution in [0, 0.1) is 5.92 Å². The van der Waals surface area contributed by atoms with Crippen molar-refractivity contribution in [3.05, 3.63) is 77.9 Å². The number of nitrogens with zero attached hydrogens (tertiary/aromatic N) is 1. The first-order valence-electron chi connectivity index (χ1n) is 10.8. The van der Waals surface area contributed by atoms with Crippen LogP contribution >= 0.6 is 0 Å². The number of likely N-dealkylation sites (tertiary alicyclic amines) is 1. The number of hydrogen-bond donors (Lipinski definition) is 1. The highest BCUT2D eigenvalue weighted by molar-refractivity contribution is 5.85. The van der Waals surface area contributed by atoms with Crippen LogP contribution in [0.5, 0.6) is 5.75 Å². The fourth-order valence-corrected chi connectivity index (χ4v) is 4.35. The van der Waals surface area contributed by atoms with Crippen LogP contribution in [0.2, 0.25) is 0 Å². The number of methoxy groups -OCH3 is 1. The summed E-state index contributed by atoms with van der Waals surface area (Å²) >= 11 is 0. The molecule has 1 fully saturated rings. The van der Waals surface area contributed by atoms with Crippen molar-refractivity contribution in [2.45, 2.75) is 25.8 Å².